The number of rotatable bonds is 9. The van der Waals surface area contributed by atoms with E-state index in [4.69, 9.17) is 4.98 Å². The van der Waals surface area contributed by atoms with Crippen LogP contribution >= 0.6 is 0 Å². The van der Waals surface area contributed by atoms with Gasteiger partial charge in [-0.2, -0.15) is 13.9 Å². The second-order valence-corrected chi connectivity index (χ2v) is 14.2. The predicted molar refractivity (Wildman–Crippen MR) is 188 cm³/mol. The molecule has 5 aromatic rings. The Morgan fingerprint density at radius 1 is 0.962 bits per heavy atom. The Morgan fingerprint density at radius 3 is 2.48 bits per heavy atom. The molecular formula is C42H34F4N4O2. The molecule has 0 spiro atoms. The molecule has 0 bridgehead atoms. The molecule has 0 saturated heterocycles. The number of Topliss-reactive ketones (excluding diaryl/α,β-unsaturated/α-hetero) is 2. The second-order valence-electron chi connectivity index (χ2n) is 14.2. The molecule has 8 rings (SSSR count). The first-order valence-corrected chi connectivity index (χ1v) is 17.3. The van der Waals surface area contributed by atoms with Gasteiger partial charge in [-0.05, 0) is 102 Å². The van der Waals surface area contributed by atoms with Crippen LogP contribution in [0.15, 0.2) is 79.0 Å². The number of nitrogens with zero attached hydrogens (tertiary/aromatic N) is 4. The van der Waals surface area contributed by atoms with E-state index in [2.05, 4.69) is 16.9 Å². The lowest BCUT2D eigenvalue weighted by molar-refractivity contribution is -0.120. The average Bonchev–Trinajstić information content (AvgIpc) is 3.60. The van der Waals surface area contributed by atoms with Crippen LogP contribution in [0, 0.1) is 29.4 Å². The summed E-state index contributed by atoms with van der Waals surface area (Å²) in [4.78, 5) is 33.6. The van der Waals surface area contributed by atoms with Crippen molar-refractivity contribution in [3.8, 4) is 23.0 Å². The first-order chi connectivity index (χ1) is 24.9. The number of hydrogen-bond donors (Lipinski definition) is 0. The highest BCUT2D eigenvalue weighted by Gasteiger charge is 2.65. The van der Waals surface area contributed by atoms with Crippen LogP contribution in [0.2, 0.25) is 0 Å². The van der Waals surface area contributed by atoms with Crippen molar-refractivity contribution in [1.29, 1.82) is 0 Å². The van der Waals surface area contributed by atoms with Crippen molar-refractivity contribution < 1.29 is 27.2 Å². The normalized spacial score (nSPS) is 18.2. The maximum Gasteiger partial charge on any atom is 0.293 e. The fraction of sp³-hybridized carbons (Fsp3) is 0.286. The molecule has 3 aromatic carbocycles. The minimum Gasteiger partial charge on any atom is -0.378 e. The van der Waals surface area contributed by atoms with E-state index in [0.717, 1.165) is 27.6 Å². The van der Waals surface area contributed by atoms with Crippen LogP contribution in [-0.4, -0.2) is 40.4 Å². The van der Waals surface area contributed by atoms with E-state index in [9.17, 15) is 18.4 Å². The van der Waals surface area contributed by atoms with E-state index >= 15 is 8.78 Å². The van der Waals surface area contributed by atoms with Crippen LogP contribution < -0.4 is 4.90 Å². The van der Waals surface area contributed by atoms with Crippen LogP contribution in [0.5, 0.6) is 0 Å². The molecular weight excluding hydrogens is 668 g/mol. The smallest absolute Gasteiger partial charge is 0.293 e. The minimum atomic E-state index is -3.06. The van der Waals surface area contributed by atoms with Crippen LogP contribution in [0.4, 0.5) is 23.2 Å². The van der Waals surface area contributed by atoms with Crippen LogP contribution in [-0.2, 0) is 30.1 Å². The van der Waals surface area contributed by atoms with Gasteiger partial charge < -0.3 is 4.90 Å². The zero-order valence-corrected chi connectivity index (χ0v) is 28.6. The van der Waals surface area contributed by atoms with Crippen molar-refractivity contribution in [3.63, 3.8) is 0 Å². The maximum absolute atomic E-state index is 15.2. The number of anilines is 1. The molecule has 0 unspecified atom stereocenters. The Bertz CT molecular complexity index is 2300. The van der Waals surface area contributed by atoms with Gasteiger partial charge in [-0.25, -0.2) is 13.8 Å². The van der Waals surface area contributed by atoms with E-state index < -0.39 is 35.2 Å². The highest BCUT2D eigenvalue weighted by molar-refractivity contribution is 6.01. The zero-order valence-electron chi connectivity index (χ0n) is 28.6. The number of fused-ring (bicyclic) bond motifs is 4. The van der Waals surface area contributed by atoms with Gasteiger partial charge in [0.2, 0.25) is 0 Å². The Balaban J connectivity index is 1.20. The molecule has 0 aliphatic heterocycles. The SMILES string of the molecule is CN(C)c1ccc(C#Cc2ccc(-c3ccc4c(c3)C(=O)CC4)c([C@@H](CC(=O)Cn3ncc4c3C(F)(F)[C@@H]3C[C@H]43)Cc3cc(F)cc(F)c3)n2)cc1. The monoisotopic (exact) mass is 702 g/mol. The number of alkyl halides is 2. The molecule has 3 aliphatic carbocycles. The summed E-state index contributed by atoms with van der Waals surface area (Å²) in [6.45, 7) is -0.385. The summed E-state index contributed by atoms with van der Waals surface area (Å²) < 4.78 is 60.4. The molecule has 3 atom stereocenters. The zero-order chi connectivity index (χ0) is 36.3. The predicted octanol–water partition coefficient (Wildman–Crippen LogP) is 8.01. The molecule has 3 aliphatic rings. The molecule has 0 amide bonds. The van der Waals surface area contributed by atoms with Crippen LogP contribution in [0.3, 0.4) is 0 Å². The minimum absolute atomic E-state index is 0.0185. The summed E-state index contributed by atoms with van der Waals surface area (Å²) in [7, 11) is 3.89. The Labute approximate surface area is 298 Å². The Morgan fingerprint density at radius 2 is 1.73 bits per heavy atom. The van der Waals surface area contributed by atoms with Gasteiger partial charge in [0, 0.05) is 72.8 Å². The van der Waals surface area contributed by atoms with Crippen molar-refractivity contribution in [1.82, 2.24) is 14.8 Å². The number of pyridine rings is 1. The van der Waals surface area contributed by atoms with Crippen LogP contribution in [0.25, 0.3) is 11.1 Å². The van der Waals surface area contributed by atoms with Gasteiger partial charge in [0.15, 0.2) is 11.6 Å². The lowest BCUT2D eigenvalue weighted by Crippen LogP contribution is -2.24. The van der Waals surface area contributed by atoms with E-state index in [0.29, 0.717) is 58.5 Å². The summed E-state index contributed by atoms with van der Waals surface area (Å²) >= 11 is 0. The quantitative estimate of drug-likeness (QED) is 0.115. The first kappa shape index (κ1) is 33.6. The number of benzene rings is 3. The van der Waals surface area contributed by atoms with E-state index in [-0.39, 0.29) is 36.8 Å². The molecule has 52 heavy (non-hydrogen) atoms. The number of halogens is 4. The number of carbonyl (C=O) groups is 2. The van der Waals surface area contributed by atoms with Crippen molar-refractivity contribution in [2.45, 2.75) is 56.4 Å². The van der Waals surface area contributed by atoms with Gasteiger partial charge in [0.25, 0.3) is 5.92 Å². The highest BCUT2D eigenvalue weighted by atomic mass is 19.3. The fourth-order valence-corrected chi connectivity index (χ4v) is 7.74. The lowest BCUT2D eigenvalue weighted by atomic mass is 9.86. The third-order valence-electron chi connectivity index (χ3n) is 10.4. The van der Waals surface area contributed by atoms with Crippen LogP contribution in [0.1, 0.15) is 80.8 Å². The summed E-state index contributed by atoms with van der Waals surface area (Å²) in [5.41, 5.74) is 6.12. The average molecular weight is 703 g/mol. The topological polar surface area (TPSA) is 68.1 Å². The number of ketones is 2. The molecule has 2 aromatic heterocycles. The molecule has 0 N–H and O–H groups in total. The number of carbonyl (C=O) groups excluding carboxylic acids is 2. The highest BCUT2D eigenvalue weighted by Crippen LogP contribution is 2.66. The van der Waals surface area contributed by atoms with Crippen molar-refractivity contribution >= 4 is 17.3 Å². The summed E-state index contributed by atoms with van der Waals surface area (Å²) in [5, 5.41) is 4.17. The number of aryl methyl sites for hydroxylation is 1. The molecule has 6 nitrogen and oxygen atoms in total. The standard InChI is InChI=1S/C42H34F4N4O2/c1-49(2)32-11-4-24(5-12-32)3-9-31-10-13-34(27-7-6-26-8-14-39(52)35(26)19-27)40(48-31)28(15-25-16-29(43)20-30(44)17-25)18-33(51)23-50-41-37(22-47-50)36-21-38(36)42(41,45)46/h4-7,10-13,16-17,19-20,22,28,36,38H,8,14-15,18,21,23H2,1-2H3/t28-,36-,38-/m1/s1. The van der Waals surface area contributed by atoms with E-state index in [1.165, 1.54) is 18.3 Å². The molecule has 10 heteroatoms. The molecule has 2 heterocycles. The Hall–Kier alpha value is -5.56. The fourth-order valence-electron chi connectivity index (χ4n) is 7.74. The molecule has 1 fully saturated rings. The molecule has 1 saturated carbocycles. The molecule has 0 radical (unpaired) electrons. The number of hydrogen-bond acceptors (Lipinski definition) is 5. The van der Waals surface area contributed by atoms with Crippen molar-refractivity contribution in [3.05, 3.63) is 136 Å². The van der Waals surface area contributed by atoms with E-state index in [1.807, 2.05) is 67.5 Å². The summed E-state index contributed by atoms with van der Waals surface area (Å²) in [6.07, 6.45) is 2.77. The lowest BCUT2D eigenvalue weighted by Gasteiger charge is -2.21. The summed E-state index contributed by atoms with van der Waals surface area (Å²) in [6, 6.07) is 20.1. The number of aromatic nitrogens is 3. The second kappa shape index (κ2) is 12.9. The van der Waals surface area contributed by atoms with E-state index in [1.54, 1.807) is 6.07 Å². The van der Waals surface area contributed by atoms with Crippen molar-refractivity contribution in [2.24, 2.45) is 5.92 Å². The van der Waals surface area contributed by atoms with Gasteiger partial charge in [-0.1, -0.05) is 18.1 Å². The summed E-state index contributed by atoms with van der Waals surface area (Å²) in [5.74, 6) is -0.410. The van der Waals surface area contributed by atoms with Gasteiger partial charge in [0.1, 0.15) is 29.6 Å². The van der Waals surface area contributed by atoms with Gasteiger partial charge in [-0.3, -0.25) is 14.3 Å². The van der Waals surface area contributed by atoms with Gasteiger partial charge >= 0.3 is 0 Å². The Kier molecular flexibility index (Phi) is 8.32. The van der Waals surface area contributed by atoms with Gasteiger partial charge in [-0.15, -0.1) is 0 Å². The first-order valence-electron chi connectivity index (χ1n) is 17.3. The largest absolute Gasteiger partial charge is 0.378 e. The molecule has 262 valence electrons. The third-order valence-corrected chi connectivity index (χ3v) is 10.4. The van der Waals surface area contributed by atoms with Crippen molar-refractivity contribution in [2.75, 3.05) is 19.0 Å². The maximum atomic E-state index is 15.2. The van der Waals surface area contributed by atoms with Gasteiger partial charge in [0.05, 0.1) is 11.9 Å². The third kappa shape index (κ3) is 6.29.